The molecule has 0 spiro atoms. The van der Waals surface area contributed by atoms with Crippen molar-refractivity contribution in [3.8, 4) is 11.5 Å². The lowest BCUT2D eigenvalue weighted by Crippen LogP contribution is -2.38. The quantitative estimate of drug-likeness (QED) is 0.0694. The summed E-state index contributed by atoms with van der Waals surface area (Å²) in [6, 6.07) is 24.8. The number of imidazole rings is 1. The number of aromatic hydroxyl groups is 2. The fraction of sp³-hybridized carbons (Fsp3) is 0.255. The van der Waals surface area contributed by atoms with Crippen LogP contribution in [0.4, 0.5) is 14.6 Å². The minimum Gasteiger partial charge on any atom is -0.508 e. The summed E-state index contributed by atoms with van der Waals surface area (Å²) in [5.41, 5.74) is 6.65. The molecular weight excluding hydrogens is 1050 g/mol. The lowest BCUT2D eigenvalue weighted by Gasteiger charge is -2.27. The highest BCUT2D eigenvalue weighted by atomic mass is 32.7. The van der Waals surface area contributed by atoms with E-state index < -0.39 is 87.3 Å². The van der Waals surface area contributed by atoms with E-state index in [1.54, 1.807) is 24.3 Å². The number of nitrogens with two attached hydrogens (primary N) is 1. The van der Waals surface area contributed by atoms with Crippen LogP contribution in [0, 0.1) is 0 Å². The van der Waals surface area contributed by atoms with Crippen molar-refractivity contribution in [2.45, 2.75) is 60.7 Å². The van der Waals surface area contributed by atoms with Gasteiger partial charge in [0.25, 0.3) is 5.56 Å². The molecule has 3 aromatic heterocycles. The van der Waals surface area contributed by atoms with Crippen LogP contribution in [0.25, 0.3) is 11.2 Å². The van der Waals surface area contributed by atoms with Crippen LogP contribution in [0.5, 0.6) is 11.5 Å². The first kappa shape index (κ1) is 51.1. The number of H-pyrrole nitrogens is 1. The summed E-state index contributed by atoms with van der Waals surface area (Å²) in [5, 5.41) is 19.3. The predicted molar refractivity (Wildman–Crippen MR) is 264 cm³/mol. The maximum atomic E-state index is 17.3. The zero-order valence-corrected chi connectivity index (χ0v) is 41.5. The van der Waals surface area contributed by atoms with Gasteiger partial charge in [0.15, 0.2) is 47.8 Å². The van der Waals surface area contributed by atoms with Crippen molar-refractivity contribution in [3.63, 3.8) is 0 Å². The van der Waals surface area contributed by atoms with E-state index >= 15 is 17.9 Å². The van der Waals surface area contributed by atoms with Crippen LogP contribution < -0.4 is 17.0 Å². The molecule has 4 bridgehead atoms. The maximum absolute atomic E-state index is 17.3. The maximum Gasteiger partial charge on any atom is 0.390 e. The summed E-state index contributed by atoms with van der Waals surface area (Å²) in [4.78, 5) is 66.2. The molecule has 10 atom stereocenters. The standard InChI is InChI=1S/C47H41F2N7O14P2S2/c48-36-33-19-65-72(64,74-22-26-3-7-28(8-4-26)40(61)30-11-15-32(58)16-12-30)70-42-37(49)34(68-46(42)56-24-53-38-43(50)51-23-52-44(38)56)20-66-71(63,69-41(36)45(67-33)55-18-17-35(59)54-47(55)62)73-21-25-1-5-27(6-2-25)39(60)29-9-13-31(57)14-10-29/h1-18,23-24,33-34,36-37,41-42,45-46,57-58H,19-22H2,(H2,50,51,52)(H,54,59,62)/t33-,34-,36-,37-,41-,42-,45-,46-,71?,72?/m1/s1. The van der Waals surface area contributed by atoms with Crippen LogP contribution in [-0.4, -0.2) is 101 Å². The number of nitrogens with zero attached hydrogens (tertiary/aromatic N) is 5. The summed E-state index contributed by atoms with van der Waals surface area (Å²) < 4.78 is 103. The van der Waals surface area contributed by atoms with Gasteiger partial charge in [-0.2, -0.15) is 0 Å². The second kappa shape index (κ2) is 21.1. The first-order valence-corrected chi connectivity index (χ1v) is 28.6. The Hall–Kier alpha value is -6.37. The summed E-state index contributed by atoms with van der Waals surface area (Å²) in [7, 11) is 0. The number of rotatable bonds is 12. The number of carbonyl (C=O) groups excluding carboxylic acids is 2. The number of fused-ring (bicyclic) bond motifs is 5. The van der Waals surface area contributed by atoms with Gasteiger partial charge >= 0.3 is 19.3 Å². The number of alkyl halides is 2. The third kappa shape index (κ3) is 10.8. The monoisotopic (exact) mass is 1090 g/mol. The van der Waals surface area contributed by atoms with Gasteiger partial charge in [-0.25, -0.2) is 37.7 Å². The van der Waals surface area contributed by atoms with Gasteiger partial charge in [0, 0.05) is 46.0 Å². The van der Waals surface area contributed by atoms with Crippen LogP contribution in [0.15, 0.2) is 132 Å². The molecule has 3 saturated heterocycles. The van der Waals surface area contributed by atoms with Crippen LogP contribution >= 0.6 is 36.4 Å². The molecular formula is C47H41F2N7O14P2S2. The molecule has 3 aliphatic heterocycles. The summed E-state index contributed by atoms with van der Waals surface area (Å²) in [6.07, 6.45) is -11.6. The minimum absolute atomic E-state index is 0.0132. The van der Waals surface area contributed by atoms with E-state index in [1.807, 2.05) is 0 Å². The molecule has 7 aromatic rings. The van der Waals surface area contributed by atoms with Crippen molar-refractivity contribution < 1.29 is 65.3 Å². The van der Waals surface area contributed by atoms with Crippen molar-refractivity contribution in [1.82, 2.24) is 29.1 Å². The number of benzene rings is 4. The SMILES string of the molecule is Nc1ncnc2c1ncn2[C@@H]1O[C@@H]2COP(=O)(SCc3ccc(C(=O)c4ccc(O)cc4)cc3)O[C@@H]3[C@H](F)[C@@H](COP(=O)(SCc4ccc(C(=O)c5ccc(O)cc5)cc4)O[C@@H]1[C@@H]2F)O[C@H]3n1ccc(=O)[nH]c1=O. The Morgan fingerprint density at radius 3 is 1.57 bits per heavy atom. The number of nitrogens with one attached hydrogen (secondary N) is 1. The Morgan fingerprint density at radius 2 is 1.11 bits per heavy atom. The van der Waals surface area contributed by atoms with E-state index in [2.05, 4.69) is 19.9 Å². The van der Waals surface area contributed by atoms with Gasteiger partial charge < -0.3 is 25.4 Å². The van der Waals surface area contributed by atoms with E-state index in [4.69, 9.17) is 33.3 Å². The number of nitrogen functional groups attached to an aromatic ring is 1. The largest absolute Gasteiger partial charge is 0.508 e. The second-order valence-electron chi connectivity index (χ2n) is 16.9. The van der Waals surface area contributed by atoms with Crippen molar-refractivity contribution in [2.24, 2.45) is 0 Å². The predicted octanol–water partition coefficient (Wildman–Crippen LogP) is 7.20. The molecule has 5 N–H and O–H groups in total. The molecule has 27 heteroatoms. The molecule has 0 amide bonds. The number of hydrogen-bond acceptors (Lipinski definition) is 20. The molecule has 21 nitrogen and oxygen atoms in total. The fourth-order valence-electron chi connectivity index (χ4n) is 8.21. The fourth-order valence-corrected chi connectivity index (χ4v) is 14.9. The number of halogens is 2. The van der Waals surface area contributed by atoms with Crippen molar-refractivity contribution in [1.29, 1.82) is 0 Å². The third-order valence-electron chi connectivity index (χ3n) is 12.1. The van der Waals surface area contributed by atoms with Gasteiger partial charge in [0.2, 0.25) is 0 Å². The molecule has 3 fully saturated rings. The zero-order chi connectivity index (χ0) is 51.9. The van der Waals surface area contributed by atoms with Crippen molar-refractivity contribution >= 4 is 64.9 Å². The zero-order valence-electron chi connectivity index (χ0n) is 38.1. The summed E-state index contributed by atoms with van der Waals surface area (Å²) in [5.74, 6) is -1.01. The molecule has 4 aromatic carbocycles. The Kier molecular flexibility index (Phi) is 14.6. The number of anilines is 1. The number of ether oxygens (including phenoxy) is 2. The molecule has 384 valence electrons. The second-order valence-corrected chi connectivity index (χ2v) is 25.0. The van der Waals surface area contributed by atoms with E-state index in [0.717, 1.165) is 23.2 Å². The summed E-state index contributed by atoms with van der Waals surface area (Å²) in [6.45, 7) is -11.2. The van der Waals surface area contributed by atoms with Crippen LogP contribution in [0.2, 0.25) is 0 Å². The molecule has 10 rings (SSSR count). The van der Waals surface area contributed by atoms with Crippen LogP contribution in [-0.2, 0) is 48.2 Å². The van der Waals surface area contributed by atoms with Crippen LogP contribution in [0.1, 0.15) is 55.4 Å². The highest BCUT2D eigenvalue weighted by Crippen LogP contribution is 2.67. The average molecular weight is 1090 g/mol. The van der Waals surface area contributed by atoms with E-state index in [1.165, 1.54) is 83.7 Å². The third-order valence-corrected chi connectivity index (χ3v) is 19.4. The van der Waals surface area contributed by atoms with Crippen molar-refractivity contribution in [2.75, 3.05) is 18.9 Å². The van der Waals surface area contributed by atoms with Gasteiger partial charge in [-0.05, 0) is 82.4 Å². The molecule has 0 radical (unpaired) electrons. The summed E-state index contributed by atoms with van der Waals surface area (Å²) >= 11 is 1.17. The van der Waals surface area contributed by atoms with Gasteiger partial charge in [-0.15, -0.1) is 0 Å². The first-order chi connectivity index (χ1) is 35.5. The van der Waals surface area contributed by atoms with E-state index in [-0.39, 0.29) is 51.6 Å². The Labute approximate surface area is 424 Å². The topological polar surface area (TPSA) is 289 Å². The Bertz CT molecular complexity index is 3450. The van der Waals surface area contributed by atoms with E-state index in [0.29, 0.717) is 56.1 Å². The van der Waals surface area contributed by atoms with Crippen LogP contribution in [0.3, 0.4) is 0 Å². The molecule has 74 heavy (non-hydrogen) atoms. The highest BCUT2D eigenvalue weighted by molar-refractivity contribution is 8.55. The minimum atomic E-state index is -4.74. The molecule has 0 saturated carbocycles. The van der Waals surface area contributed by atoms with Gasteiger partial charge in [-0.1, -0.05) is 48.5 Å². The lowest BCUT2D eigenvalue weighted by atomic mass is 10.0. The number of aromatic nitrogens is 6. The number of ketones is 2. The molecule has 6 heterocycles. The number of phenols is 2. The number of phenolic OH excluding ortho intramolecular Hbond substituents is 2. The lowest BCUT2D eigenvalue weighted by molar-refractivity contribution is -0.0597. The van der Waals surface area contributed by atoms with Crippen molar-refractivity contribution in [3.05, 3.63) is 176 Å². The van der Waals surface area contributed by atoms with Gasteiger partial charge in [0.1, 0.15) is 47.8 Å². The normalized spacial score (nSPS) is 27.2. The molecule has 0 aliphatic carbocycles. The Morgan fingerprint density at radius 1 is 0.662 bits per heavy atom. The highest BCUT2D eigenvalue weighted by Gasteiger charge is 2.55. The van der Waals surface area contributed by atoms with E-state index in [9.17, 15) is 29.4 Å². The number of carbonyl (C=O) groups is 2. The number of hydrogen-bond donors (Lipinski definition) is 4. The first-order valence-electron chi connectivity index (χ1n) is 22.4. The smallest absolute Gasteiger partial charge is 0.390 e. The van der Waals surface area contributed by atoms with Gasteiger partial charge in [0.05, 0.1) is 19.5 Å². The number of aromatic amines is 1. The van der Waals surface area contributed by atoms with Gasteiger partial charge in [-0.3, -0.25) is 46.6 Å². The Balaban J connectivity index is 0.969. The molecule has 2 unspecified atom stereocenters. The molecule has 3 aliphatic rings. The average Bonchev–Trinajstić information content (AvgIpc) is 4.06.